The summed E-state index contributed by atoms with van der Waals surface area (Å²) in [6, 6.07) is 0.250. The van der Waals surface area contributed by atoms with Gasteiger partial charge in [0.15, 0.2) is 0 Å². The van der Waals surface area contributed by atoms with Crippen LogP contribution in [0, 0.1) is 0 Å². The van der Waals surface area contributed by atoms with Gasteiger partial charge in [0.2, 0.25) is 0 Å². The first-order valence-corrected chi connectivity index (χ1v) is 2.55. The number of nitrogens with two attached hydrogens (primary N) is 1. The van der Waals surface area contributed by atoms with Crippen molar-refractivity contribution >= 4 is 6.02 Å². The summed E-state index contributed by atoms with van der Waals surface area (Å²) in [5.41, 5.74) is 5.20. The highest BCUT2D eigenvalue weighted by Crippen LogP contribution is 1.84. The second-order valence-corrected chi connectivity index (χ2v) is 1.73. The fourth-order valence-electron chi connectivity index (χ4n) is 0.294. The maximum absolute atomic E-state index is 5.20. The largest absolute Gasteiger partial charge is 0.463 e. The molecule has 0 fully saturated rings. The van der Waals surface area contributed by atoms with Crippen molar-refractivity contribution in [2.75, 3.05) is 7.05 Å². The summed E-state index contributed by atoms with van der Waals surface area (Å²) in [6.45, 7) is 3.80. The van der Waals surface area contributed by atoms with Crippen LogP contribution in [0.1, 0.15) is 13.8 Å². The smallest absolute Gasteiger partial charge is 0.281 e. The van der Waals surface area contributed by atoms with Crippen LogP contribution in [0.2, 0.25) is 0 Å². The third-order valence-corrected chi connectivity index (χ3v) is 0.577. The number of rotatable bonds is 1. The van der Waals surface area contributed by atoms with E-state index in [1.165, 1.54) is 0 Å². The molecule has 0 atom stereocenters. The molecule has 0 rings (SSSR count). The van der Waals surface area contributed by atoms with Gasteiger partial charge >= 0.3 is 0 Å². The van der Waals surface area contributed by atoms with Crippen molar-refractivity contribution in [2.24, 2.45) is 10.7 Å². The van der Waals surface area contributed by atoms with Crippen molar-refractivity contribution in [1.29, 1.82) is 0 Å². The molecule has 3 nitrogen and oxygen atoms in total. The molecular formula is C5H12N2O. The van der Waals surface area contributed by atoms with Gasteiger partial charge in [-0.1, -0.05) is 0 Å². The lowest BCUT2D eigenvalue weighted by molar-refractivity contribution is 0.224. The van der Waals surface area contributed by atoms with E-state index in [2.05, 4.69) is 4.99 Å². The summed E-state index contributed by atoms with van der Waals surface area (Å²) in [5, 5.41) is 0. The number of aliphatic imine (C=N–C) groups is 1. The number of ether oxygens (including phenoxy) is 1. The Morgan fingerprint density at radius 2 is 2.12 bits per heavy atom. The van der Waals surface area contributed by atoms with Gasteiger partial charge in [0.05, 0.1) is 6.10 Å². The Hall–Kier alpha value is -0.730. The molecule has 0 saturated heterocycles. The zero-order valence-corrected chi connectivity index (χ0v) is 5.51. The van der Waals surface area contributed by atoms with E-state index < -0.39 is 0 Å². The number of nitrogens with zero attached hydrogens (tertiary/aromatic N) is 1. The van der Waals surface area contributed by atoms with Crippen LogP contribution in [0.4, 0.5) is 0 Å². The van der Waals surface area contributed by atoms with E-state index in [4.69, 9.17) is 10.5 Å². The minimum atomic E-state index is 0.124. The molecule has 0 aliphatic carbocycles. The molecule has 48 valence electrons. The van der Waals surface area contributed by atoms with Crippen LogP contribution in [-0.2, 0) is 4.74 Å². The lowest BCUT2D eigenvalue weighted by atomic mass is 10.5. The zero-order chi connectivity index (χ0) is 6.57. The minimum Gasteiger partial charge on any atom is -0.463 e. The van der Waals surface area contributed by atoms with Crippen LogP contribution in [0.3, 0.4) is 0 Å². The molecule has 0 bridgehead atoms. The number of amidine groups is 1. The Morgan fingerprint density at radius 3 is 2.25 bits per heavy atom. The predicted molar refractivity (Wildman–Crippen MR) is 33.8 cm³/mol. The van der Waals surface area contributed by atoms with Gasteiger partial charge in [-0.3, -0.25) is 0 Å². The van der Waals surface area contributed by atoms with Crippen LogP contribution < -0.4 is 5.73 Å². The average molecular weight is 116 g/mol. The van der Waals surface area contributed by atoms with Gasteiger partial charge in [-0.2, -0.15) is 0 Å². The Balaban J connectivity index is 3.39. The normalized spacial score (nSPS) is 12.2. The summed E-state index contributed by atoms with van der Waals surface area (Å²) in [5.74, 6) is 0. The summed E-state index contributed by atoms with van der Waals surface area (Å²) < 4.78 is 4.93. The van der Waals surface area contributed by atoms with E-state index in [0.717, 1.165) is 0 Å². The van der Waals surface area contributed by atoms with E-state index in [0.29, 0.717) is 0 Å². The zero-order valence-electron chi connectivity index (χ0n) is 5.51. The van der Waals surface area contributed by atoms with E-state index in [1.54, 1.807) is 7.05 Å². The van der Waals surface area contributed by atoms with Gasteiger partial charge in [0.1, 0.15) is 0 Å². The summed E-state index contributed by atoms with van der Waals surface area (Å²) in [4.78, 5) is 3.60. The average Bonchev–Trinajstić information content (AvgIpc) is 1.65. The highest BCUT2D eigenvalue weighted by Gasteiger charge is 1.92. The fraction of sp³-hybridized carbons (Fsp3) is 0.800. The van der Waals surface area contributed by atoms with Crippen molar-refractivity contribution in [2.45, 2.75) is 20.0 Å². The van der Waals surface area contributed by atoms with Gasteiger partial charge in [-0.15, -0.1) is 0 Å². The monoisotopic (exact) mass is 116 g/mol. The lowest BCUT2D eigenvalue weighted by Crippen LogP contribution is -2.19. The molecule has 0 aromatic heterocycles. The molecule has 0 radical (unpaired) electrons. The molecule has 3 heteroatoms. The van der Waals surface area contributed by atoms with Crippen LogP contribution in [0.25, 0.3) is 0 Å². The van der Waals surface area contributed by atoms with Gasteiger partial charge in [-0.25, -0.2) is 4.99 Å². The topological polar surface area (TPSA) is 47.6 Å². The summed E-state index contributed by atoms with van der Waals surface area (Å²) in [7, 11) is 1.59. The molecule has 2 N–H and O–H groups in total. The van der Waals surface area contributed by atoms with Crippen LogP contribution >= 0.6 is 0 Å². The van der Waals surface area contributed by atoms with Gasteiger partial charge in [0.25, 0.3) is 6.02 Å². The van der Waals surface area contributed by atoms with Gasteiger partial charge in [0, 0.05) is 7.05 Å². The van der Waals surface area contributed by atoms with Crippen molar-refractivity contribution in [1.82, 2.24) is 0 Å². The van der Waals surface area contributed by atoms with E-state index in [9.17, 15) is 0 Å². The maximum atomic E-state index is 5.20. The molecular weight excluding hydrogens is 104 g/mol. The molecule has 0 heterocycles. The van der Waals surface area contributed by atoms with Gasteiger partial charge in [-0.05, 0) is 13.8 Å². The third-order valence-electron chi connectivity index (χ3n) is 0.577. The molecule has 0 aliphatic rings. The van der Waals surface area contributed by atoms with E-state index in [1.807, 2.05) is 13.8 Å². The molecule has 0 aromatic rings. The first kappa shape index (κ1) is 7.27. The second kappa shape index (κ2) is 3.29. The van der Waals surface area contributed by atoms with Crippen molar-refractivity contribution in [3.8, 4) is 0 Å². The Bertz CT molecular complexity index is 88.4. The molecule has 0 aromatic carbocycles. The number of hydrogen-bond acceptors (Lipinski definition) is 2. The fourth-order valence-corrected chi connectivity index (χ4v) is 0.294. The Kier molecular flexibility index (Phi) is 2.99. The first-order valence-electron chi connectivity index (χ1n) is 2.55. The predicted octanol–water partition coefficient (Wildman–Crippen LogP) is 0.356. The van der Waals surface area contributed by atoms with Gasteiger partial charge < -0.3 is 10.5 Å². The summed E-state index contributed by atoms with van der Waals surface area (Å²) >= 11 is 0. The molecule has 0 aliphatic heterocycles. The van der Waals surface area contributed by atoms with E-state index >= 15 is 0 Å². The molecule has 0 spiro atoms. The molecule has 0 amide bonds. The third kappa shape index (κ3) is 3.46. The highest BCUT2D eigenvalue weighted by atomic mass is 16.5. The van der Waals surface area contributed by atoms with Crippen LogP contribution in [-0.4, -0.2) is 19.2 Å². The maximum Gasteiger partial charge on any atom is 0.281 e. The lowest BCUT2D eigenvalue weighted by Gasteiger charge is -2.05. The van der Waals surface area contributed by atoms with Crippen molar-refractivity contribution in [3.63, 3.8) is 0 Å². The van der Waals surface area contributed by atoms with Crippen molar-refractivity contribution in [3.05, 3.63) is 0 Å². The molecule has 8 heavy (non-hydrogen) atoms. The van der Waals surface area contributed by atoms with E-state index in [-0.39, 0.29) is 12.1 Å². The van der Waals surface area contributed by atoms with Crippen LogP contribution in [0.5, 0.6) is 0 Å². The standard InChI is InChI=1S/C5H12N2O/c1-4(2)8-5(6)7-3/h4H,1-3H3,(H2,6,7). The molecule has 0 saturated carbocycles. The minimum absolute atomic E-state index is 0.124. The quantitative estimate of drug-likeness (QED) is 0.397. The summed E-state index contributed by atoms with van der Waals surface area (Å²) in [6.07, 6.45) is 0.124. The number of hydrogen-bond donors (Lipinski definition) is 1. The first-order chi connectivity index (χ1) is 3.66. The SMILES string of the molecule is CN=C(N)OC(C)C. The van der Waals surface area contributed by atoms with Crippen LogP contribution in [0.15, 0.2) is 4.99 Å². The molecule has 0 unspecified atom stereocenters. The Morgan fingerprint density at radius 1 is 1.62 bits per heavy atom. The second-order valence-electron chi connectivity index (χ2n) is 1.73. The highest BCUT2D eigenvalue weighted by molar-refractivity contribution is 5.71. The Labute approximate surface area is 49.5 Å². The van der Waals surface area contributed by atoms with Crippen molar-refractivity contribution < 1.29 is 4.74 Å².